The SMILES string of the molecule is CCCC1CCN(c2ncnc(NN)c2C(C)C)CC1. The molecule has 0 unspecified atom stereocenters. The molecule has 0 aliphatic carbocycles. The third-order valence-electron chi connectivity index (χ3n) is 4.19. The monoisotopic (exact) mass is 277 g/mol. The van der Waals surface area contributed by atoms with Crippen LogP contribution in [0.1, 0.15) is 57.9 Å². The van der Waals surface area contributed by atoms with E-state index in [4.69, 9.17) is 5.84 Å². The van der Waals surface area contributed by atoms with Crippen LogP contribution in [-0.4, -0.2) is 23.1 Å². The minimum Gasteiger partial charge on any atom is -0.356 e. The molecule has 0 atom stereocenters. The summed E-state index contributed by atoms with van der Waals surface area (Å²) < 4.78 is 0. The molecule has 1 aromatic rings. The van der Waals surface area contributed by atoms with E-state index in [0.717, 1.165) is 36.2 Å². The lowest BCUT2D eigenvalue weighted by Crippen LogP contribution is -2.35. The number of nitrogens with zero attached hydrogens (tertiary/aromatic N) is 3. The lowest BCUT2D eigenvalue weighted by atomic mass is 9.92. The molecule has 1 saturated heterocycles. The predicted octanol–water partition coefficient (Wildman–Crippen LogP) is 2.90. The molecular weight excluding hydrogens is 250 g/mol. The second-order valence-corrected chi connectivity index (χ2v) is 5.98. The quantitative estimate of drug-likeness (QED) is 0.640. The number of hydrogen-bond donors (Lipinski definition) is 2. The van der Waals surface area contributed by atoms with E-state index in [9.17, 15) is 0 Å². The molecule has 0 bridgehead atoms. The van der Waals surface area contributed by atoms with Gasteiger partial charge in [0.25, 0.3) is 0 Å². The summed E-state index contributed by atoms with van der Waals surface area (Å²) in [5.41, 5.74) is 3.84. The molecule has 20 heavy (non-hydrogen) atoms. The average molecular weight is 277 g/mol. The fourth-order valence-electron chi connectivity index (χ4n) is 3.13. The molecule has 1 aliphatic rings. The largest absolute Gasteiger partial charge is 0.356 e. The lowest BCUT2D eigenvalue weighted by Gasteiger charge is -2.34. The Labute approximate surface area is 121 Å². The van der Waals surface area contributed by atoms with Gasteiger partial charge in [-0.05, 0) is 24.7 Å². The van der Waals surface area contributed by atoms with E-state index in [-0.39, 0.29) is 0 Å². The lowest BCUT2D eigenvalue weighted by molar-refractivity contribution is 0.376. The maximum absolute atomic E-state index is 5.59. The number of piperidine rings is 1. The molecule has 2 rings (SSSR count). The molecule has 2 heterocycles. The smallest absolute Gasteiger partial charge is 0.148 e. The first-order chi connectivity index (χ1) is 9.67. The number of anilines is 2. The van der Waals surface area contributed by atoms with Crippen LogP contribution in [0.15, 0.2) is 6.33 Å². The summed E-state index contributed by atoms with van der Waals surface area (Å²) in [6.45, 7) is 8.77. The maximum Gasteiger partial charge on any atom is 0.148 e. The van der Waals surface area contributed by atoms with Crippen LogP contribution in [0.5, 0.6) is 0 Å². The van der Waals surface area contributed by atoms with E-state index in [0.29, 0.717) is 5.92 Å². The highest BCUT2D eigenvalue weighted by Crippen LogP contribution is 2.33. The van der Waals surface area contributed by atoms with Crippen molar-refractivity contribution >= 4 is 11.6 Å². The van der Waals surface area contributed by atoms with Gasteiger partial charge in [-0.1, -0.05) is 33.6 Å². The second-order valence-electron chi connectivity index (χ2n) is 5.98. The normalized spacial score (nSPS) is 16.8. The average Bonchev–Trinajstić information content (AvgIpc) is 2.47. The Hall–Kier alpha value is -1.36. The first-order valence-corrected chi connectivity index (χ1v) is 7.73. The van der Waals surface area contributed by atoms with E-state index >= 15 is 0 Å². The van der Waals surface area contributed by atoms with Crippen LogP contribution in [0, 0.1) is 5.92 Å². The van der Waals surface area contributed by atoms with Crippen molar-refractivity contribution in [2.75, 3.05) is 23.4 Å². The topological polar surface area (TPSA) is 67.1 Å². The van der Waals surface area contributed by atoms with Crippen LogP contribution in [-0.2, 0) is 0 Å². The number of rotatable bonds is 5. The van der Waals surface area contributed by atoms with Gasteiger partial charge in [0.15, 0.2) is 0 Å². The first-order valence-electron chi connectivity index (χ1n) is 7.73. The molecule has 0 amide bonds. The number of hydrazine groups is 1. The molecule has 1 aliphatic heterocycles. The Balaban J connectivity index is 2.17. The standard InChI is InChI=1S/C15H27N5/c1-4-5-12-6-8-20(9-7-12)15-13(11(2)3)14(19-16)17-10-18-15/h10-12H,4-9,16H2,1-3H3,(H,17,18,19). The predicted molar refractivity (Wildman–Crippen MR) is 83.8 cm³/mol. The highest BCUT2D eigenvalue weighted by Gasteiger charge is 2.24. The van der Waals surface area contributed by atoms with Crippen LogP contribution in [0.2, 0.25) is 0 Å². The van der Waals surface area contributed by atoms with Gasteiger partial charge in [0.1, 0.15) is 18.0 Å². The number of nitrogens with two attached hydrogens (primary N) is 1. The fourth-order valence-corrected chi connectivity index (χ4v) is 3.13. The Morgan fingerprint density at radius 2 is 2.05 bits per heavy atom. The minimum absolute atomic E-state index is 0.352. The highest BCUT2D eigenvalue weighted by atomic mass is 15.3. The molecule has 1 fully saturated rings. The summed E-state index contributed by atoms with van der Waals surface area (Å²) in [6.07, 6.45) is 6.77. The van der Waals surface area contributed by atoms with E-state index in [1.807, 2.05) is 0 Å². The van der Waals surface area contributed by atoms with Crippen LogP contribution >= 0.6 is 0 Å². The molecule has 0 aromatic carbocycles. The Morgan fingerprint density at radius 3 is 2.60 bits per heavy atom. The van der Waals surface area contributed by atoms with Crippen molar-refractivity contribution in [1.29, 1.82) is 0 Å². The van der Waals surface area contributed by atoms with Crippen molar-refractivity contribution in [3.05, 3.63) is 11.9 Å². The van der Waals surface area contributed by atoms with Gasteiger partial charge in [0.05, 0.1) is 0 Å². The van der Waals surface area contributed by atoms with Crippen LogP contribution < -0.4 is 16.2 Å². The zero-order chi connectivity index (χ0) is 14.5. The molecule has 5 heteroatoms. The third-order valence-corrected chi connectivity index (χ3v) is 4.19. The summed E-state index contributed by atoms with van der Waals surface area (Å²) in [5, 5.41) is 0. The Morgan fingerprint density at radius 1 is 1.35 bits per heavy atom. The molecule has 5 nitrogen and oxygen atoms in total. The molecule has 112 valence electrons. The fraction of sp³-hybridized carbons (Fsp3) is 0.733. The number of hydrogen-bond acceptors (Lipinski definition) is 5. The van der Waals surface area contributed by atoms with Gasteiger partial charge in [0, 0.05) is 18.7 Å². The van der Waals surface area contributed by atoms with Crippen molar-refractivity contribution in [2.24, 2.45) is 11.8 Å². The highest BCUT2D eigenvalue weighted by molar-refractivity contribution is 5.60. The zero-order valence-corrected chi connectivity index (χ0v) is 12.9. The van der Waals surface area contributed by atoms with Gasteiger partial charge in [-0.15, -0.1) is 0 Å². The first kappa shape index (κ1) is 15.0. The Bertz CT molecular complexity index is 424. The van der Waals surface area contributed by atoms with Gasteiger partial charge >= 0.3 is 0 Å². The molecule has 0 saturated carbocycles. The van der Waals surface area contributed by atoms with Crippen LogP contribution in [0.3, 0.4) is 0 Å². The van der Waals surface area contributed by atoms with E-state index < -0.39 is 0 Å². The van der Waals surface area contributed by atoms with Crippen LogP contribution in [0.4, 0.5) is 11.6 Å². The number of nitrogens with one attached hydrogen (secondary N) is 1. The van der Waals surface area contributed by atoms with E-state index in [2.05, 4.69) is 41.1 Å². The van der Waals surface area contributed by atoms with Crippen molar-refractivity contribution in [3.8, 4) is 0 Å². The Kier molecular flexibility index (Phi) is 5.17. The molecule has 3 N–H and O–H groups in total. The molecular formula is C15H27N5. The second kappa shape index (κ2) is 6.88. The van der Waals surface area contributed by atoms with Gasteiger partial charge in [-0.2, -0.15) is 0 Å². The van der Waals surface area contributed by atoms with Crippen LogP contribution in [0.25, 0.3) is 0 Å². The van der Waals surface area contributed by atoms with Crippen molar-refractivity contribution in [3.63, 3.8) is 0 Å². The summed E-state index contributed by atoms with van der Waals surface area (Å²) >= 11 is 0. The summed E-state index contributed by atoms with van der Waals surface area (Å²) in [5.74, 6) is 8.63. The number of aromatic nitrogens is 2. The number of nitrogen functional groups attached to an aromatic ring is 1. The van der Waals surface area contributed by atoms with Gasteiger partial charge in [-0.3, -0.25) is 0 Å². The summed E-state index contributed by atoms with van der Waals surface area (Å²) in [6, 6.07) is 0. The zero-order valence-electron chi connectivity index (χ0n) is 12.9. The van der Waals surface area contributed by atoms with Crippen molar-refractivity contribution < 1.29 is 0 Å². The van der Waals surface area contributed by atoms with Gasteiger partial charge in [0.2, 0.25) is 0 Å². The minimum atomic E-state index is 0.352. The summed E-state index contributed by atoms with van der Waals surface area (Å²) in [4.78, 5) is 11.2. The molecule has 1 aromatic heterocycles. The van der Waals surface area contributed by atoms with Crippen molar-refractivity contribution in [1.82, 2.24) is 9.97 Å². The van der Waals surface area contributed by atoms with E-state index in [1.54, 1.807) is 6.33 Å². The maximum atomic E-state index is 5.59. The van der Waals surface area contributed by atoms with Gasteiger partial charge < -0.3 is 10.3 Å². The van der Waals surface area contributed by atoms with E-state index in [1.165, 1.54) is 25.7 Å². The molecule has 0 radical (unpaired) electrons. The van der Waals surface area contributed by atoms with Gasteiger partial charge in [-0.25, -0.2) is 15.8 Å². The van der Waals surface area contributed by atoms with Crippen molar-refractivity contribution in [2.45, 2.75) is 52.4 Å². The third kappa shape index (κ3) is 3.20. The molecule has 0 spiro atoms. The summed E-state index contributed by atoms with van der Waals surface area (Å²) in [7, 11) is 0.